The predicted octanol–water partition coefficient (Wildman–Crippen LogP) is 4.07. The smallest absolute Gasteiger partial charge is 0.263 e. The maximum Gasteiger partial charge on any atom is 0.263 e. The highest BCUT2D eigenvalue weighted by atomic mass is 16.5. The van der Waals surface area contributed by atoms with E-state index in [1.54, 1.807) is 13.1 Å². The predicted molar refractivity (Wildman–Crippen MR) is 109 cm³/mol. The Kier molecular flexibility index (Phi) is 5.42. The zero-order valence-corrected chi connectivity index (χ0v) is 16.0. The Morgan fingerprint density at radius 2 is 1.79 bits per heavy atom. The summed E-state index contributed by atoms with van der Waals surface area (Å²) in [5, 5.41) is 1.07. The molecule has 4 rings (SSSR count). The summed E-state index contributed by atoms with van der Waals surface area (Å²) in [6.07, 6.45) is 2.97. The molecule has 0 N–H and O–H groups in total. The highest BCUT2D eigenvalue weighted by Gasteiger charge is 2.28. The third-order valence-electron chi connectivity index (χ3n) is 5.05. The second kappa shape index (κ2) is 8.30. The highest BCUT2D eigenvalue weighted by Crippen LogP contribution is 2.26. The van der Waals surface area contributed by atoms with Gasteiger partial charge in [0.2, 0.25) is 0 Å². The van der Waals surface area contributed by atoms with Crippen LogP contribution in [0.1, 0.15) is 19.8 Å². The molecule has 0 saturated carbocycles. The zero-order valence-electron chi connectivity index (χ0n) is 16.0. The van der Waals surface area contributed by atoms with Crippen LogP contribution in [0.5, 0.6) is 11.5 Å². The number of aromatic nitrogens is 1. The molecule has 28 heavy (non-hydrogen) atoms. The third kappa shape index (κ3) is 4.09. The number of carbonyl (C=O) groups is 1. The van der Waals surface area contributed by atoms with Gasteiger partial charge in [0.15, 0.2) is 6.10 Å². The molecule has 1 atom stereocenters. The van der Waals surface area contributed by atoms with Gasteiger partial charge in [-0.2, -0.15) is 0 Å². The van der Waals surface area contributed by atoms with Crippen LogP contribution in [0.3, 0.4) is 0 Å². The molecule has 0 radical (unpaired) electrons. The van der Waals surface area contributed by atoms with Gasteiger partial charge in [-0.1, -0.05) is 36.4 Å². The SMILES string of the molecule is C[C@@H](Oc1ccccc1)C(=O)N1CCC(Oc2cccc3cccnc23)CC1. The Hall–Kier alpha value is -3.08. The minimum absolute atomic E-state index is 0.0223. The van der Waals surface area contributed by atoms with E-state index >= 15 is 0 Å². The summed E-state index contributed by atoms with van der Waals surface area (Å²) in [6, 6.07) is 19.4. The fraction of sp³-hybridized carbons (Fsp3) is 0.304. The van der Waals surface area contributed by atoms with Crippen LogP contribution in [-0.2, 0) is 4.79 Å². The number of benzene rings is 2. The summed E-state index contributed by atoms with van der Waals surface area (Å²) in [4.78, 5) is 19.0. The molecule has 0 bridgehead atoms. The highest BCUT2D eigenvalue weighted by molar-refractivity contribution is 5.84. The number of hydrogen-bond donors (Lipinski definition) is 0. The first-order valence-electron chi connectivity index (χ1n) is 9.71. The number of ether oxygens (including phenoxy) is 2. The third-order valence-corrected chi connectivity index (χ3v) is 5.05. The lowest BCUT2D eigenvalue weighted by Gasteiger charge is -2.33. The van der Waals surface area contributed by atoms with Crippen LogP contribution in [-0.4, -0.2) is 41.1 Å². The molecule has 1 amide bonds. The van der Waals surface area contributed by atoms with E-state index in [-0.39, 0.29) is 12.0 Å². The first kappa shape index (κ1) is 18.3. The van der Waals surface area contributed by atoms with Gasteiger partial charge in [0, 0.05) is 37.5 Å². The Morgan fingerprint density at radius 1 is 1.04 bits per heavy atom. The largest absolute Gasteiger partial charge is 0.488 e. The molecule has 1 aromatic heterocycles. The second-order valence-corrected chi connectivity index (χ2v) is 7.05. The number of para-hydroxylation sites is 2. The number of amides is 1. The first-order chi connectivity index (χ1) is 13.7. The number of fused-ring (bicyclic) bond motifs is 1. The number of hydrogen-bond acceptors (Lipinski definition) is 4. The van der Waals surface area contributed by atoms with Gasteiger partial charge in [-0.25, -0.2) is 0 Å². The maximum atomic E-state index is 12.7. The normalized spacial score (nSPS) is 16.0. The quantitative estimate of drug-likeness (QED) is 0.673. The molecule has 1 fully saturated rings. The van der Waals surface area contributed by atoms with Crippen LogP contribution in [0.4, 0.5) is 0 Å². The van der Waals surface area contributed by atoms with Crippen molar-refractivity contribution < 1.29 is 14.3 Å². The molecule has 1 aliphatic rings. The fourth-order valence-corrected chi connectivity index (χ4v) is 3.56. The van der Waals surface area contributed by atoms with Gasteiger partial charge in [-0.05, 0) is 31.2 Å². The van der Waals surface area contributed by atoms with Crippen LogP contribution < -0.4 is 9.47 Å². The minimum Gasteiger partial charge on any atom is -0.488 e. The molecule has 2 aromatic carbocycles. The van der Waals surface area contributed by atoms with Crippen molar-refractivity contribution in [2.24, 2.45) is 0 Å². The summed E-state index contributed by atoms with van der Waals surface area (Å²) < 4.78 is 12.0. The second-order valence-electron chi connectivity index (χ2n) is 7.05. The molecule has 2 heterocycles. The molecule has 1 saturated heterocycles. The minimum atomic E-state index is -0.498. The zero-order chi connectivity index (χ0) is 19.3. The maximum absolute atomic E-state index is 12.7. The Balaban J connectivity index is 1.33. The monoisotopic (exact) mass is 376 g/mol. The van der Waals surface area contributed by atoms with Crippen LogP contribution >= 0.6 is 0 Å². The average Bonchev–Trinajstić information content (AvgIpc) is 2.75. The van der Waals surface area contributed by atoms with Gasteiger partial charge < -0.3 is 14.4 Å². The van der Waals surface area contributed by atoms with E-state index in [9.17, 15) is 4.79 Å². The molecule has 5 heteroatoms. The van der Waals surface area contributed by atoms with Crippen molar-refractivity contribution in [1.82, 2.24) is 9.88 Å². The number of carbonyl (C=O) groups excluding carboxylic acids is 1. The molecule has 1 aliphatic heterocycles. The van der Waals surface area contributed by atoms with Crippen molar-refractivity contribution in [2.45, 2.75) is 32.0 Å². The number of likely N-dealkylation sites (tertiary alicyclic amines) is 1. The Morgan fingerprint density at radius 3 is 2.57 bits per heavy atom. The van der Waals surface area contributed by atoms with Gasteiger partial charge in [-0.3, -0.25) is 9.78 Å². The molecular weight excluding hydrogens is 352 g/mol. The fourth-order valence-electron chi connectivity index (χ4n) is 3.56. The van der Waals surface area contributed by atoms with Gasteiger partial charge >= 0.3 is 0 Å². The van der Waals surface area contributed by atoms with Crippen molar-refractivity contribution in [2.75, 3.05) is 13.1 Å². The van der Waals surface area contributed by atoms with E-state index in [2.05, 4.69) is 4.98 Å². The Bertz CT molecular complexity index is 931. The van der Waals surface area contributed by atoms with Crippen LogP contribution in [0, 0.1) is 0 Å². The van der Waals surface area contributed by atoms with E-state index in [1.165, 1.54) is 0 Å². The lowest BCUT2D eigenvalue weighted by molar-refractivity contribution is -0.139. The summed E-state index contributed by atoms with van der Waals surface area (Å²) in [5.74, 6) is 1.54. The number of piperidine rings is 1. The molecule has 0 spiro atoms. The average molecular weight is 376 g/mol. The Labute approximate surface area is 164 Å². The first-order valence-corrected chi connectivity index (χ1v) is 9.71. The van der Waals surface area contributed by atoms with Crippen molar-refractivity contribution in [3.8, 4) is 11.5 Å². The molecule has 0 aliphatic carbocycles. The summed E-state index contributed by atoms with van der Waals surface area (Å²) >= 11 is 0. The summed E-state index contributed by atoms with van der Waals surface area (Å²) in [7, 11) is 0. The lowest BCUT2D eigenvalue weighted by atomic mass is 10.1. The van der Waals surface area contributed by atoms with Crippen molar-refractivity contribution in [3.63, 3.8) is 0 Å². The van der Waals surface area contributed by atoms with E-state index < -0.39 is 6.10 Å². The van der Waals surface area contributed by atoms with E-state index in [0.29, 0.717) is 18.8 Å². The number of pyridine rings is 1. The van der Waals surface area contributed by atoms with Gasteiger partial charge in [0.1, 0.15) is 23.1 Å². The van der Waals surface area contributed by atoms with Crippen LogP contribution in [0.2, 0.25) is 0 Å². The van der Waals surface area contributed by atoms with Crippen molar-refractivity contribution in [3.05, 3.63) is 66.9 Å². The van der Waals surface area contributed by atoms with E-state index in [4.69, 9.17) is 9.47 Å². The lowest BCUT2D eigenvalue weighted by Crippen LogP contribution is -2.46. The number of rotatable bonds is 5. The van der Waals surface area contributed by atoms with Crippen molar-refractivity contribution in [1.29, 1.82) is 0 Å². The van der Waals surface area contributed by atoms with Crippen LogP contribution in [0.25, 0.3) is 10.9 Å². The molecule has 0 unspecified atom stereocenters. The summed E-state index contributed by atoms with van der Waals surface area (Å²) in [5.41, 5.74) is 0.883. The summed E-state index contributed by atoms with van der Waals surface area (Å²) in [6.45, 7) is 3.15. The standard InChI is InChI=1S/C23H24N2O3/c1-17(27-19-9-3-2-4-10-19)23(26)25-15-12-20(13-16-25)28-21-11-5-7-18-8-6-14-24-22(18)21/h2-11,14,17,20H,12-13,15-16H2,1H3/t17-/m1/s1. The van der Waals surface area contributed by atoms with E-state index in [1.807, 2.05) is 65.6 Å². The van der Waals surface area contributed by atoms with Crippen molar-refractivity contribution >= 4 is 16.8 Å². The van der Waals surface area contributed by atoms with E-state index in [0.717, 1.165) is 29.5 Å². The molecule has 144 valence electrons. The van der Waals surface area contributed by atoms with Gasteiger partial charge in [-0.15, -0.1) is 0 Å². The molecule has 3 aromatic rings. The molecule has 5 nitrogen and oxygen atoms in total. The van der Waals surface area contributed by atoms with Crippen LogP contribution in [0.15, 0.2) is 66.9 Å². The topological polar surface area (TPSA) is 51.7 Å². The number of nitrogens with zero attached hydrogens (tertiary/aromatic N) is 2. The molecular formula is C23H24N2O3. The van der Waals surface area contributed by atoms with Gasteiger partial charge in [0.05, 0.1) is 0 Å². The van der Waals surface area contributed by atoms with Gasteiger partial charge in [0.25, 0.3) is 5.91 Å².